The number of furan rings is 1. The van der Waals surface area contributed by atoms with Crippen LogP contribution in [0.25, 0.3) is 0 Å². The molecular weight excluding hydrogens is 315 g/mol. The molecule has 1 N–H and O–H groups in total. The van der Waals surface area contributed by atoms with Crippen molar-refractivity contribution < 1.29 is 4.42 Å². The largest absolute Gasteiger partial charge is 0.468 e. The summed E-state index contributed by atoms with van der Waals surface area (Å²) in [6.07, 6.45) is 1.70. The molecule has 110 valence electrons. The van der Waals surface area contributed by atoms with Crippen LogP contribution in [0.4, 0.5) is 0 Å². The fraction of sp³-hybridized carbons (Fsp3) is 0.429. The van der Waals surface area contributed by atoms with Gasteiger partial charge in [-0.25, -0.2) is 0 Å². The number of hydrogen-bond acceptors (Lipinski definition) is 4. The van der Waals surface area contributed by atoms with Crippen molar-refractivity contribution in [1.29, 1.82) is 0 Å². The predicted molar refractivity (Wildman–Crippen MR) is 85.9 cm³/mol. The average Bonchev–Trinajstić information content (AvgIpc) is 2.99. The lowest BCUT2D eigenvalue weighted by Crippen LogP contribution is -2.32. The minimum atomic E-state index is 0.142. The van der Waals surface area contributed by atoms with Crippen LogP contribution in [-0.4, -0.2) is 25.5 Å². The van der Waals surface area contributed by atoms with E-state index in [1.54, 1.807) is 6.26 Å². The molecule has 2 atom stereocenters. The second-order valence-corrected chi connectivity index (χ2v) is 7.19. The molecule has 0 aliphatic rings. The van der Waals surface area contributed by atoms with Crippen LogP contribution in [0.1, 0.15) is 30.3 Å². The van der Waals surface area contributed by atoms with E-state index < -0.39 is 0 Å². The Balaban J connectivity index is 2.01. The third kappa shape index (κ3) is 3.77. The molecule has 0 spiro atoms. The zero-order valence-electron chi connectivity index (χ0n) is 11.7. The second-order valence-electron chi connectivity index (χ2n) is 4.90. The first-order chi connectivity index (χ1) is 9.49. The lowest BCUT2D eigenvalue weighted by atomic mass is 10.1. The summed E-state index contributed by atoms with van der Waals surface area (Å²) in [6.45, 7) is 2.85. The van der Waals surface area contributed by atoms with Gasteiger partial charge in [0.25, 0.3) is 0 Å². The first-order valence-corrected chi connectivity index (χ1v) is 7.94. The van der Waals surface area contributed by atoms with E-state index in [0.717, 1.165) is 22.2 Å². The van der Waals surface area contributed by atoms with Gasteiger partial charge < -0.3 is 9.73 Å². The molecule has 0 aromatic carbocycles. The van der Waals surface area contributed by atoms with Gasteiger partial charge in [0.05, 0.1) is 21.0 Å². The lowest BCUT2D eigenvalue weighted by molar-refractivity contribution is 0.245. The maximum atomic E-state index is 6.18. The summed E-state index contributed by atoms with van der Waals surface area (Å²) in [7, 11) is 4.07. The summed E-state index contributed by atoms with van der Waals surface area (Å²) >= 11 is 13.6. The Morgan fingerprint density at radius 2 is 2.15 bits per heavy atom. The van der Waals surface area contributed by atoms with Gasteiger partial charge in [0, 0.05) is 12.6 Å². The summed E-state index contributed by atoms with van der Waals surface area (Å²) in [5, 5.41) is 3.48. The number of nitrogens with one attached hydrogen (secondary N) is 1. The number of nitrogens with zero attached hydrogens (tertiary/aromatic N) is 1. The molecule has 2 aromatic heterocycles. The van der Waals surface area contributed by atoms with E-state index in [1.807, 2.05) is 32.3 Å². The number of halogens is 2. The van der Waals surface area contributed by atoms with E-state index >= 15 is 0 Å². The van der Waals surface area contributed by atoms with Crippen molar-refractivity contribution in [2.45, 2.75) is 19.0 Å². The Bertz CT molecular complexity index is 539. The van der Waals surface area contributed by atoms with E-state index in [4.69, 9.17) is 27.6 Å². The molecule has 0 amide bonds. The third-order valence-corrected chi connectivity index (χ3v) is 4.78. The van der Waals surface area contributed by atoms with E-state index in [-0.39, 0.29) is 12.1 Å². The Morgan fingerprint density at radius 3 is 2.65 bits per heavy atom. The molecule has 20 heavy (non-hydrogen) atoms. The fourth-order valence-electron chi connectivity index (χ4n) is 2.07. The van der Waals surface area contributed by atoms with Crippen LogP contribution >= 0.6 is 34.5 Å². The van der Waals surface area contributed by atoms with E-state index in [9.17, 15) is 0 Å². The monoisotopic (exact) mass is 332 g/mol. The van der Waals surface area contributed by atoms with Gasteiger partial charge in [0.2, 0.25) is 0 Å². The molecule has 2 aromatic rings. The molecule has 6 heteroatoms. The SMILES string of the molecule is CC(NCC(c1ccco1)N(C)C)c1cc(Cl)sc1Cl. The van der Waals surface area contributed by atoms with Crippen molar-refractivity contribution in [3.63, 3.8) is 0 Å². The Kier molecular flexibility index (Phi) is 5.52. The zero-order chi connectivity index (χ0) is 14.7. The first kappa shape index (κ1) is 15.9. The lowest BCUT2D eigenvalue weighted by Gasteiger charge is -2.24. The summed E-state index contributed by atoms with van der Waals surface area (Å²) in [4.78, 5) is 2.13. The molecule has 0 aliphatic carbocycles. The highest BCUT2D eigenvalue weighted by Gasteiger charge is 2.19. The van der Waals surface area contributed by atoms with Crippen molar-refractivity contribution in [1.82, 2.24) is 10.2 Å². The van der Waals surface area contributed by atoms with Crippen LogP contribution in [0, 0.1) is 0 Å². The Morgan fingerprint density at radius 1 is 1.40 bits per heavy atom. The van der Waals surface area contributed by atoms with Crippen LogP contribution in [0.3, 0.4) is 0 Å². The van der Waals surface area contributed by atoms with Crippen molar-refractivity contribution in [2.24, 2.45) is 0 Å². The normalized spacial score (nSPS) is 14.7. The summed E-state index contributed by atoms with van der Waals surface area (Å²) in [5.74, 6) is 0.948. The number of hydrogen-bond donors (Lipinski definition) is 1. The van der Waals surface area contributed by atoms with Gasteiger partial charge in [-0.1, -0.05) is 23.2 Å². The molecule has 0 fully saturated rings. The van der Waals surface area contributed by atoms with E-state index in [1.165, 1.54) is 11.3 Å². The summed E-state index contributed by atoms with van der Waals surface area (Å²) in [6, 6.07) is 6.14. The molecule has 2 rings (SSSR count). The summed E-state index contributed by atoms with van der Waals surface area (Å²) < 4.78 is 6.96. The smallest absolute Gasteiger partial charge is 0.122 e. The van der Waals surface area contributed by atoms with Gasteiger partial charge >= 0.3 is 0 Å². The first-order valence-electron chi connectivity index (χ1n) is 6.37. The minimum absolute atomic E-state index is 0.142. The molecule has 2 heterocycles. The van der Waals surface area contributed by atoms with Crippen LogP contribution in [0.5, 0.6) is 0 Å². The molecule has 0 radical (unpaired) electrons. The van der Waals surface area contributed by atoms with Gasteiger partial charge in [0.1, 0.15) is 5.76 Å². The van der Waals surface area contributed by atoms with Gasteiger partial charge in [-0.15, -0.1) is 11.3 Å². The quantitative estimate of drug-likeness (QED) is 0.837. The van der Waals surface area contributed by atoms with Gasteiger partial charge in [-0.3, -0.25) is 4.90 Å². The maximum Gasteiger partial charge on any atom is 0.122 e. The van der Waals surface area contributed by atoms with Gasteiger partial charge in [-0.05, 0) is 44.8 Å². The zero-order valence-corrected chi connectivity index (χ0v) is 14.0. The van der Waals surface area contributed by atoms with E-state index in [0.29, 0.717) is 4.34 Å². The minimum Gasteiger partial charge on any atom is -0.468 e. The third-order valence-electron chi connectivity index (χ3n) is 3.26. The highest BCUT2D eigenvalue weighted by Crippen LogP contribution is 2.35. The van der Waals surface area contributed by atoms with Gasteiger partial charge in [0.15, 0.2) is 0 Å². The molecule has 3 nitrogen and oxygen atoms in total. The van der Waals surface area contributed by atoms with Crippen molar-refractivity contribution >= 4 is 34.5 Å². The van der Waals surface area contributed by atoms with E-state index in [2.05, 4.69) is 17.1 Å². The standard InChI is InChI=1S/C14H18Cl2N2OS/c1-9(10-7-13(15)20-14(10)16)17-8-11(18(2)3)12-5-4-6-19-12/h4-7,9,11,17H,8H2,1-3H3. The molecule has 0 saturated carbocycles. The van der Waals surface area contributed by atoms with Crippen LogP contribution in [0.15, 0.2) is 28.9 Å². The van der Waals surface area contributed by atoms with Gasteiger partial charge in [-0.2, -0.15) is 0 Å². The fourth-order valence-corrected chi connectivity index (χ4v) is 3.71. The van der Waals surface area contributed by atoms with Crippen molar-refractivity contribution in [3.05, 3.63) is 44.5 Å². The molecule has 2 unspecified atom stereocenters. The highest BCUT2D eigenvalue weighted by molar-refractivity contribution is 7.20. The summed E-state index contributed by atoms with van der Waals surface area (Å²) in [5.41, 5.74) is 1.04. The van der Waals surface area contributed by atoms with Crippen molar-refractivity contribution in [3.8, 4) is 0 Å². The second kappa shape index (κ2) is 6.96. The van der Waals surface area contributed by atoms with Crippen LogP contribution in [-0.2, 0) is 0 Å². The maximum absolute atomic E-state index is 6.18. The molecule has 0 saturated heterocycles. The van der Waals surface area contributed by atoms with Crippen LogP contribution in [0.2, 0.25) is 8.67 Å². The highest BCUT2D eigenvalue weighted by atomic mass is 35.5. The topological polar surface area (TPSA) is 28.4 Å². The molecule has 0 bridgehead atoms. The molecule has 0 aliphatic heterocycles. The Labute approximate surface area is 133 Å². The number of rotatable bonds is 6. The number of thiophene rings is 1. The van der Waals surface area contributed by atoms with Crippen LogP contribution < -0.4 is 5.32 Å². The number of likely N-dealkylation sites (N-methyl/N-ethyl adjacent to an activating group) is 1. The van der Waals surface area contributed by atoms with Crippen molar-refractivity contribution in [2.75, 3.05) is 20.6 Å². The average molecular weight is 333 g/mol. The molecular formula is C14H18Cl2N2OS. The predicted octanol–water partition coefficient (Wildman–Crippen LogP) is 4.60. The Hall–Kier alpha value is -0.520.